The van der Waals surface area contributed by atoms with Crippen molar-refractivity contribution >= 4 is 23.5 Å². The summed E-state index contributed by atoms with van der Waals surface area (Å²) in [6.45, 7) is 0. The fourth-order valence-electron chi connectivity index (χ4n) is 1.91. The van der Waals surface area contributed by atoms with E-state index in [0.717, 1.165) is 12.1 Å². The largest absolute Gasteiger partial charge is 0.481 e. The molecule has 100 valence electrons. The number of carbonyl (C=O) groups is 2. The Hall–Kier alpha value is -1.88. The first-order valence-electron chi connectivity index (χ1n) is 5.64. The van der Waals surface area contributed by atoms with Crippen LogP contribution in [0.1, 0.15) is 16.8 Å². The van der Waals surface area contributed by atoms with Crippen molar-refractivity contribution < 1.29 is 19.1 Å². The number of halogens is 2. The van der Waals surface area contributed by atoms with Gasteiger partial charge in [0.05, 0.1) is 16.5 Å². The summed E-state index contributed by atoms with van der Waals surface area (Å²) in [5.74, 6) is -2.49. The number of hydrogen-bond donors (Lipinski definition) is 2. The minimum atomic E-state index is -0.923. The van der Waals surface area contributed by atoms with E-state index in [2.05, 4.69) is 5.32 Å². The van der Waals surface area contributed by atoms with Gasteiger partial charge in [-0.25, -0.2) is 4.39 Å². The summed E-state index contributed by atoms with van der Waals surface area (Å²) < 4.78 is 12.9. The highest BCUT2D eigenvalue weighted by molar-refractivity contribution is 6.33. The molecule has 0 aliphatic heterocycles. The molecule has 1 aliphatic rings. The third-order valence-corrected chi connectivity index (χ3v) is 3.21. The Balaban J connectivity index is 2.03. The lowest BCUT2D eigenvalue weighted by Gasteiger charge is -2.12. The van der Waals surface area contributed by atoms with Crippen LogP contribution in [-0.4, -0.2) is 23.0 Å². The van der Waals surface area contributed by atoms with Gasteiger partial charge in [-0.05, 0) is 24.6 Å². The van der Waals surface area contributed by atoms with E-state index in [4.69, 9.17) is 16.7 Å². The summed E-state index contributed by atoms with van der Waals surface area (Å²) in [5, 5.41) is 11.5. The molecule has 0 fully saturated rings. The molecule has 19 heavy (non-hydrogen) atoms. The first kappa shape index (κ1) is 13.5. The highest BCUT2D eigenvalue weighted by Gasteiger charge is 2.26. The van der Waals surface area contributed by atoms with E-state index in [0.29, 0.717) is 6.42 Å². The van der Waals surface area contributed by atoms with Crippen LogP contribution in [0.2, 0.25) is 5.02 Å². The van der Waals surface area contributed by atoms with Gasteiger partial charge >= 0.3 is 5.97 Å². The molecule has 0 heterocycles. The fraction of sp³-hybridized carbons (Fsp3) is 0.231. The van der Waals surface area contributed by atoms with E-state index >= 15 is 0 Å². The quantitative estimate of drug-likeness (QED) is 0.836. The lowest BCUT2D eigenvalue weighted by Crippen LogP contribution is -2.33. The smallest absolute Gasteiger partial charge is 0.310 e. The van der Waals surface area contributed by atoms with Crippen LogP contribution < -0.4 is 5.32 Å². The van der Waals surface area contributed by atoms with Crippen LogP contribution in [0.4, 0.5) is 4.39 Å². The van der Waals surface area contributed by atoms with Crippen LogP contribution in [0.3, 0.4) is 0 Å². The van der Waals surface area contributed by atoms with E-state index in [1.807, 2.05) is 0 Å². The Labute approximate surface area is 113 Å². The zero-order valence-electron chi connectivity index (χ0n) is 9.77. The van der Waals surface area contributed by atoms with E-state index in [-0.39, 0.29) is 16.6 Å². The van der Waals surface area contributed by atoms with Gasteiger partial charge in [-0.15, -0.1) is 0 Å². The fourth-order valence-corrected chi connectivity index (χ4v) is 2.16. The first-order chi connectivity index (χ1) is 8.97. The van der Waals surface area contributed by atoms with Crippen molar-refractivity contribution in [2.24, 2.45) is 5.92 Å². The van der Waals surface area contributed by atoms with E-state index in [1.165, 1.54) is 6.07 Å². The Morgan fingerprint density at radius 3 is 2.68 bits per heavy atom. The van der Waals surface area contributed by atoms with Crippen LogP contribution in [0.5, 0.6) is 0 Å². The topological polar surface area (TPSA) is 66.4 Å². The SMILES string of the molecule is O=C(NC1C=CC(C(=O)O)C1)c1ccc(F)cc1Cl. The highest BCUT2D eigenvalue weighted by atomic mass is 35.5. The third-order valence-electron chi connectivity index (χ3n) is 2.89. The number of rotatable bonds is 3. The van der Waals surface area contributed by atoms with Gasteiger partial charge in [-0.2, -0.15) is 0 Å². The van der Waals surface area contributed by atoms with Crippen molar-refractivity contribution in [3.8, 4) is 0 Å². The van der Waals surface area contributed by atoms with Crippen molar-refractivity contribution in [2.75, 3.05) is 0 Å². The summed E-state index contributed by atoms with van der Waals surface area (Å²) >= 11 is 5.78. The van der Waals surface area contributed by atoms with Gasteiger partial charge in [0.25, 0.3) is 5.91 Å². The van der Waals surface area contributed by atoms with Crippen molar-refractivity contribution in [3.63, 3.8) is 0 Å². The summed E-state index contributed by atoms with van der Waals surface area (Å²) in [6, 6.07) is 3.14. The molecule has 0 spiro atoms. The number of aliphatic carboxylic acids is 1. The molecule has 0 bridgehead atoms. The summed E-state index contributed by atoms with van der Waals surface area (Å²) in [7, 11) is 0. The normalized spacial score (nSPS) is 21.4. The second-order valence-corrected chi connectivity index (χ2v) is 4.68. The molecule has 0 radical (unpaired) electrons. The average molecular weight is 284 g/mol. The predicted molar refractivity (Wildman–Crippen MR) is 67.5 cm³/mol. The van der Waals surface area contributed by atoms with E-state index in [9.17, 15) is 14.0 Å². The molecule has 2 N–H and O–H groups in total. The summed E-state index contributed by atoms with van der Waals surface area (Å²) in [4.78, 5) is 22.7. The number of amides is 1. The Morgan fingerprint density at radius 1 is 1.37 bits per heavy atom. The molecular weight excluding hydrogens is 273 g/mol. The van der Waals surface area contributed by atoms with Gasteiger partial charge in [0.2, 0.25) is 0 Å². The molecular formula is C13H11ClFNO3. The van der Waals surface area contributed by atoms with E-state index in [1.54, 1.807) is 12.2 Å². The maximum atomic E-state index is 12.9. The van der Waals surface area contributed by atoms with Crippen molar-refractivity contribution in [1.82, 2.24) is 5.32 Å². The molecule has 0 saturated carbocycles. The molecule has 2 atom stereocenters. The standard InChI is InChI=1S/C13H11ClFNO3/c14-11-6-8(15)2-4-10(11)12(17)16-9-3-1-7(5-9)13(18)19/h1-4,6-7,9H,5H2,(H,16,17)(H,18,19). The van der Waals surface area contributed by atoms with Crippen molar-refractivity contribution in [2.45, 2.75) is 12.5 Å². The average Bonchev–Trinajstić information content (AvgIpc) is 2.77. The minimum Gasteiger partial charge on any atom is -0.481 e. The van der Waals surface area contributed by atoms with Gasteiger partial charge in [-0.3, -0.25) is 9.59 Å². The van der Waals surface area contributed by atoms with Gasteiger partial charge < -0.3 is 10.4 Å². The monoisotopic (exact) mass is 283 g/mol. The molecule has 4 nitrogen and oxygen atoms in total. The van der Waals surface area contributed by atoms with Gasteiger partial charge in [0, 0.05) is 6.04 Å². The maximum Gasteiger partial charge on any atom is 0.310 e. The maximum absolute atomic E-state index is 12.9. The van der Waals surface area contributed by atoms with Crippen molar-refractivity contribution in [1.29, 1.82) is 0 Å². The number of benzene rings is 1. The number of carboxylic acid groups (broad SMARTS) is 1. The van der Waals surface area contributed by atoms with Crippen molar-refractivity contribution in [3.05, 3.63) is 46.8 Å². The molecule has 0 aromatic heterocycles. The number of carbonyl (C=O) groups excluding carboxylic acids is 1. The first-order valence-corrected chi connectivity index (χ1v) is 6.02. The van der Waals surface area contributed by atoms with E-state index < -0.39 is 23.6 Å². The molecule has 6 heteroatoms. The predicted octanol–water partition coefficient (Wildman–Crippen LogP) is 2.24. The second-order valence-electron chi connectivity index (χ2n) is 4.27. The van der Waals surface area contributed by atoms with Crippen LogP contribution in [-0.2, 0) is 4.79 Å². The molecule has 2 unspecified atom stereocenters. The Morgan fingerprint density at radius 2 is 2.11 bits per heavy atom. The number of carboxylic acids is 1. The molecule has 1 aromatic rings. The molecule has 1 aliphatic carbocycles. The number of hydrogen-bond acceptors (Lipinski definition) is 2. The number of nitrogens with one attached hydrogen (secondary N) is 1. The van der Waals surface area contributed by atoms with Gasteiger partial charge in [-0.1, -0.05) is 23.8 Å². The van der Waals surface area contributed by atoms with Crippen LogP contribution in [0.15, 0.2) is 30.4 Å². The minimum absolute atomic E-state index is 0.0225. The highest BCUT2D eigenvalue weighted by Crippen LogP contribution is 2.20. The van der Waals surface area contributed by atoms with Crippen LogP contribution >= 0.6 is 11.6 Å². The summed E-state index contributed by atoms with van der Waals surface area (Å²) in [5.41, 5.74) is 0.162. The zero-order valence-corrected chi connectivity index (χ0v) is 10.5. The third kappa shape index (κ3) is 3.12. The van der Waals surface area contributed by atoms with Gasteiger partial charge in [0.1, 0.15) is 5.82 Å². The Bertz CT molecular complexity index is 559. The second kappa shape index (κ2) is 5.40. The zero-order chi connectivity index (χ0) is 14.0. The molecule has 0 saturated heterocycles. The van der Waals surface area contributed by atoms with Crippen LogP contribution in [0, 0.1) is 11.7 Å². The van der Waals surface area contributed by atoms with Gasteiger partial charge in [0.15, 0.2) is 0 Å². The van der Waals surface area contributed by atoms with Crippen LogP contribution in [0.25, 0.3) is 0 Å². The summed E-state index contributed by atoms with van der Waals surface area (Å²) in [6.07, 6.45) is 3.48. The molecule has 2 rings (SSSR count). The lowest BCUT2D eigenvalue weighted by atomic mass is 10.1. The lowest BCUT2D eigenvalue weighted by molar-refractivity contribution is -0.140. The molecule has 1 amide bonds. The molecule has 1 aromatic carbocycles. The Kier molecular flexibility index (Phi) is 3.85.